The predicted molar refractivity (Wildman–Crippen MR) is 64.9 cm³/mol. The van der Waals surface area contributed by atoms with Gasteiger partial charge in [0.1, 0.15) is 0 Å². The molecule has 0 aliphatic heterocycles. The second-order valence-electron chi connectivity index (χ2n) is 5.39. The Morgan fingerprint density at radius 2 is 2.31 bits per heavy atom. The molecule has 1 atom stereocenters. The summed E-state index contributed by atoms with van der Waals surface area (Å²) < 4.78 is 1.92. The number of aliphatic hydroxyl groups is 1. The second-order valence-corrected chi connectivity index (χ2v) is 5.39. The first-order valence-electron chi connectivity index (χ1n) is 5.92. The first kappa shape index (κ1) is 11.4. The molecule has 2 rings (SSSR count). The third-order valence-electron chi connectivity index (χ3n) is 3.15. The van der Waals surface area contributed by atoms with Gasteiger partial charge in [0, 0.05) is 18.3 Å². The quantitative estimate of drug-likeness (QED) is 0.831. The lowest BCUT2D eigenvalue weighted by molar-refractivity contribution is 0.146. The zero-order valence-corrected chi connectivity index (χ0v) is 10.3. The van der Waals surface area contributed by atoms with E-state index in [0.717, 1.165) is 24.9 Å². The number of hydrogen-bond acceptors (Lipinski definition) is 2. The Morgan fingerprint density at radius 3 is 2.88 bits per heavy atom. The fourth-order valence-electron chi connectivity index (χ4n) is 2.40. The lowest BCUT2D eigenvalue weighted by Gasteiger charge is -2.32. The molecule has 0 bridgehead atoms. The summed E-state index contributed by atoms with van der Waals surface area (Å²) >= 11 is 0. The third-order valence-corrected chi connectivity index (χ3v) is 3.15. The Hall–Kier alpha value is -1.09. The van der Waals surface area contributed by atoms with Gasteiger partial charge in [0.2, 0.25) is 0 Å². The van der Waals surface area contributed by atoms with E-state index in [-0.39, 0.29) is 11.5 Å². The van der Waals surface area contributed by atoms with Crippen molar-refractivity contribution >= 4 is 5.57 Å². The fourth-order valence-corrected chi connectivity index (χ4v) is 2.40. The van der Waals surface area contributed by atoms with E-state index in [9.17, 15) is 5.11 Å². The van der Waals surface area contributed by atoms with Crippen LogP contribution in [0.15, 0.2) is 18.5 Å². The Balaban J connectivity index is 2.26. The van der Waals surface area contributed by atoms with Crippen LogP contribution in [-0.4, -0.2) is 21.0 Å². The van der Waals surface area contributed by atoms with Crippen molar-refractivity contribution in [2.24, 2.45) is 5.41 Å². The smallest absolute Gasteiger partial charge is 0.0732 e. The topological polar surface area (TPSA) is 38.0 Å². The van der Waals surface area contributed by atoms with E-state index in [2.05, 4.69) is 32.1 Å². The largest absolute Gasteiger partial charge is 0.389 e. The maximum Gasteiger partial charge on any atom is 0.0732 e. The minimum absolute atomic E-state index is 0.178. The molecule has 0 aromatic carbocycles. The van der Waals surface area contributed by atoms with Crippen LogP contribution in [0.4, 0.5) is 0 Å². The Bertz CT molecular complexity index is 404. The average molecular weight is 220 g/mol. The van der Waals surface area contributed by atoms with E-state index in [0.29, 0.717) is 0 Å². The molecular formula is C13H20N2O. The predicted octanol–water partition coefficient (Wildman–Crippen LogP) is 2.47. The highest BCUT2D eigenvalue weighted by molar-refractivity contribution is 5.66. The van der Waals surface area contributed by atoms with Crippen molar-refractivity contribution in [3.63, 3.8) is 0 Å². The highest BCUT2D eigenvalue weighted by Gasteiger charge is 2.28. The van der Waals surface area contributed by atoms with Gasteiger partial charge in [-0.2, -0.15) is 5.10 Å². The van der Waals surface area contributed by atoms with E-state index in [1.165, 1.54) is 5.57 Å². The van der Waals surface area contributed by atoms with Crippen LogP contribution in [0.5, 0.6) is 0 Å². The van der Waals surface area contributed by atoms with Gasteiger partial charge in [-0.25, -0.2) is 0 Å². The summed E-state index contributed by atoms with van der Waals surface area (Å²) in [4.78, 5) is 0. The minimum Gasteiger partial charge on any atom is -0.389 e. The van der Waals surface area contributed by atoms with E-state index in [1.807, 2.05) is 17.0 Å². The molecule has 0 saturated carbocycles. The monoisotopic (exact) mass is 220 g/mol. The molecule has 1 heterocycles. The van der Waals surface area contributed by atoms with Crippen molar-refractivity contribution in [1.29, 1.82) is 0 Å². The lowest BCUT2D eigenvalue weighted by Crippen LogP contribution is -2.24. The van der Waals surface area contributed by atoms with Crippen LogP contribution in [0, 0.1) is 5.41 Å². The summed E-state index contributed by atoms with van der Waals surface area (Å²) in [6.07, 6.45) is 7.47. The Morgan fingerprint density at radius 1 is 1.56 bits per heavy atom. The highest BCUT2D eigenvalue weighted by atomic mass is 16.3. The molecule has 1 aromatic heterocycles. The Labute approximate surface area is 96.8 Å². The third kappa shape index (κ3) is 2.35. The zero-order valence-electron chi connectivity index (χ0n) is 10.3. The van der Waals surface area contributed by atoms with Crippen molar-refractivity contribution in [2.75, 3.05) is 0 Å². The van der Waals surface area contributed by atoms with E-state index >= 15 is 0 Å². The van der Waals surface area contributed by atoms with Crippen molar-refractivity contribution in [2.45, 2.75) is 46.3 Å². The minimum atomic E-state index is -0.316. The summed E-state index contributed by atoms with van der Waals surface area (Å²) in [5.41, 5.74) is 2.55. The van der Waals surface area contributed by atoms with Crippen LogP contribution in [0.2, 0.25) is 0 Å². The normalized spacial score (nSPS) is 24.2. The number of allylic oxidation sites excluding steroid dienone is 1. The molecule has 0 amide bonds. The van der Waals surface area contributed by atoms with Gasteiger partial charge < -0.3 is 5.11 Å². The van der Waals surface area contributed by atoms with Crippen LogP contribution in [0.3, 0.4) is 0 Å². The molecule has 0 saturated heterocycles. The van der Waals surface area contributed by atoms with Crippen molar-refractivity contribution in [1.82, 2.24) is 9.78 Å². The summed E-state index contributed by atoms with van der Waals surface area (Å²) in [6.45, 7) is 7.37. The van der Waals surface area contributed by atoms with Gasteiger partial charge in [-0.3, -0.25) is 4.68 Å². The van der Waals surface area contributed by atoms with Crippen LogP contribution in [0.1, 0.15) is 39.2 Å². The fraction of sp³-hybridized carbons (Fsp3) is 0.615. The number of nitrogens with zero attached hydrogens (tertiary/aromatic N) is 2. The van der Waals surface area contributed by atoms with Crippen molar-refractivity contribution < 1.29 is 5.11 Å². The first-order chi connectivity index (χ1) is 7.50. The molecule has 88 valence electrons. The van der Waals surface area contributed by atoms with Crippen LogP contribution in [0.25, 0.3) is 5.57 Å². The zero-order chi connectivity index (χ0) is 11.8. The van der Waals surface area contributed by atoms with Crippen LogP contribution < -0.4 is 0 Å². The molecule has 1 aromatic rings. The Kier molecular flexibility index (Phi) is 2.89. The van der Waals surface area contributed by atoms with Crippen LogP contribution in [-0.2, 0) is 6.54 Å². The summed E-state index contributed by atoms with van der Waals surface area (Å²) in [5.74, 6) is 0. The number of hydrogen-bond donors (Lipinski definition) is 1. The van der Waals surface area contributed by atoms with Gasteiger partial charge in [0.25, 0.3) is 0 Å². The molecule has 3 nitrogen and oxygen atoms in total. The maximum atomic E-state index is 9.84. The van der Waals surface area contributed by atoms with Gasteiger partial charge in [0.05, 0.1) is 12.3 Å². The van der Waals surface area contributed by atoms with Gasteiger partial charge in [-0.05, 0) is 30.8 Å². The molecule has 1 N–H and O–H groups in total. The van der Waals surface area contributed by atoms with Gasteiger partial charge in [-0.1, -0.05) is 19.9 Å². The summed E-state index contributed by atoms with van der Waals surface area (Å²) in [5, 5.41) is 14.1. The summed E-state index contributed by atoms with van der Waals surface area (Å²) in [6, 6.07) is 0. The summed E-state index contributed by atoms with van der Waals surface area (Å²) in [7, 11) is 0. The molecular weight excluding hydrogens is 200 g/mol. The molecule has 1 unspecified atom stereocenters. The first-order valence-corrected chi connectivity index (χ1v) is 5.92. The molecule has 16 heavy (non-hydrogen) atoms. The van der Waals surface area contributed by atoms with E-state index in [4.69, 9.17) is 0 Å². The van der Waals surface area contributed by atoms with Crippen molar-refractivity contribution in [3.8, 4) is 0 Å². The van der Waals surface area contributed by atoms with Gasteiger partial charge in [-0.15, -0.1) is 0 Å². The maximum absolute atomic E-state index is 9.84. The lowest BCUT2D eigenvalue weighted by atomic mass is 9.75. The van der Waals surface area contributed by atoms with Crippen molar-refractivity contribution in [3.05, 3.63) is 24.0 Å². The standard InChI is InChI=1S/C13H20N2O/c1-4-15-9-11(8-14-15)10-5-12(16)7-13(2,3)6-10/h5,8-9,12,16H,4,6-7H2,1-3H3. The van der Waals surface area contributed by atoms with Gasteiger partial charge >= 0.3 is 0 Å². The second kappa shape index (κ2) is 4.06. The molecule has 0 radical (unpaired) electrons. The average Bonchev–Trinajstić information content (AvgIpc) is 2.62. The highest BCUT2D eigenvalue weighted by Crippen LogP contribution is 2.39. The number of rotatable bonds is 2. The number of aliphatic hydroxyl groups excluding tert-OH is 1. The van der Waals surface area contributed by atoms with Gasteiger partial charge in [0.15, 0.2) is 0 Å². The molecule has 1 aliphatic rings. The molecule has 1 aliphatic carbocycles. The SMILES string of the molecule is CCn1cc(C2=CC(O)CC(C)(C)C2)cn1. The van der Waals surface area contributed by atoms with E-state index in [1.54, 1.807) is 0 Å². The molecule has 0 fully saturated rings. The number of aryl methyl sites for hydroxylation is 1. The van der Waals surface area contributed by atoms with Crippen LogP contribution >= 0.6 is 0 Å². The molecule has 3 heteroatoms. The molecule has 0 spiro atoms. The van der Waals surface area contributed by atoms with E-state index < -0.39 is 0 Å². The number of aromatic nitrogens is 2.